The van der Waals surface area contributed by atoms with Crippen LogP contribution in [0.15, 0.2) is 29.3 Å². The maximum absolute atomic E-state index is 12.3. The zero-order chi connectivity index (χ0) is 15.6. The van der Waals surface area contributed by atoms with E-state index in [-0.39, 0.29) is 11.4 Å². The molecule has 0 atom stereocenters. The first kappa shape index (κ1) is 15.8. The van der Waals surface area contributed by atoms with Crippen LogP contribution in [-0.2, 0) is 23.5 Å². The number of halogens is 1. The van der Waals surface area contributed by atoms with E-state index in [0.29, 0.717) is 22.7 Å². The van der Waals surface area contributed by atoms with Gasteiger partial charge >= 0.3 is 0 Å². The van der Waals surface area contributed by atoms with Crippen LogP contribution in [0.3, 0.4) is 0 Å². The second-order valence-electron chi connectivity index (χ2n) is 4.75. The number of nitrogens with two attached hydrogens (primary N) is 1. The van der Waals surface area contributed by atoms with Gasteiger partial charge in [0, 0.05) is 36.9 Å². The van der Waals surface area contributed by atoms with Gasteiger partial charge in [0.1, 0.15) is 0 Å². The van der Waals surface area contributed by atoms with Crippen molar-refractivity contribution in [3.63, 3.8) is 0 Å². The molecular weight excluding hydrogens is 312 g/mol. The highest BCUT2D eigenvalue weighted by molar-refractivity contribution is 7.89. The highest BCUT2D eigenvalue weighted by Crippen LogP contribution is 2.25. The molecule has 0 saturated carbocycles. The summed E-state index contributed by atoms with van der Waals surface area (Å²) in [6.45, 7) is 1.91. The standard InChI is InChI=1S/C13H17ClN4O2S/c1-9-12(15)7-10(14)8-13(9)21(19,20)16-5-3-11-4-6-18(2)17-11/h4,6-8,16H,3,5,15H2,1-2H3. The molecule has 2 rings (SSSR count). The Bertz CT molecular complexity index is 756. The third kappa shape index (κ3) is 3.75. The molecule has 0 amide bonds. The lowest BCUT2D eigenvalue weighted by atomic mass is 10.2. The highest BCUT2D eigenvalue weighted by Gasteiger charge is 2.18. The smallest absolute Gasteiger partial charge is 0.240 e. The van der Waals surface area contributed by atoms with Gasteiger partial charge in [-0.25, -0.2) is 13.1 Å². The van der Waals surface area contributed by atoms with Crippen LogP contribution in [0.25, 0.3) is 0 Å². The molecule has 1 heterocycles. The van der Waals surface area contributed by atoms with Gasteiger partial charge in [0.15, 0.2) is 0 Å². The Morgan fingerprint density at radius 3 is 2.76 bits per heavy atom. The average molecular weight is 329 g/mol. The van der Waals surface area contributed by atoms with Crippen molar-refractivity contribution in [3.8, 4) is 0 Å². The summed E-state index contributed by atoms with van der Waals surface area (Å²) in [5, 5.41) is 4.48. The van der Waals surface area contributed by atoms with Gasteiger partial charge in [0.25, 0.3) is 0 Å². The molecule has 0 unspecified atom stereocenters. The van der Waals surface area contributed by atoms with Gasteiger partial charge in [0.2, 0.25) is 10.0 Å². The highest BCUT2D eigenvalue weighted by atomic mass is 35.5. The third-order valence-corrected chi connectivity index (χ3v) is 4.90. The van der Waals surface area contributed by atoms with Crippen LogP contribution in [0.1, 0.15) is 11.3 Å². The van der Waals surface area contributed by atoms with Gasteiger partial charge in [-0.05, 0) is 30.7 Å². The van der Waals surface area contributed by atoms with Gasteiger partial charge in [-0.3, -0.25) is 4.68 Å². The van der Waals surface area contributed by atoms with Crippen LogP contribution in [0, 0.1) is 6.92 Å². The summed E-state index contributed by atoms with van der Waals surface area (Å²) < 4.78 is 28.8. The molecule has 3 N–H and O–H groups in total. The molecule has 6 nitrogen and oxygen atoms in total. The Morgan fingerprint density at radius 2 is 2.14 bits per heavy atom. The minimum Gasteiger partial charge on any atom is -0.398 e. The Kier molecular flexibility index (Phi) is 4.55. The summed E-state index contributed by atoms with van der Waals surface area (Å²) in [5.41, 5.74) is 7.42. The van der Waals surface area contributed by atoms with Crippen LogP contribution in [0.2, 0.25) is 5.02 Å². The van der Waals surface area contributed by atoms with Gasteiger partial charge in [0.05, 0.1) is 10.6 Å². The summed E-state index contributed by atoms with van der Waals surface area (Å²) in [4.78, 5) is 0.105. The lowest BCUT2D eigenvalue weighted by molar-refractivity contribution is 0.580. The van der Waals surface area contributed by atoms with Crippen molar-refractivity contribution in [3.05, 3.63) is 40.7 Å². The average Bonchev–Trinajstić information content (AvgIpc) is 2.79. The number of aryl methyl sites for hydroxylation is 1. The quantitative estimate of drug-likeness (QED) is 0.814. The van der Waals surface area contributed by atoms with Gasteiger partial charge in [-0.2, -0.15) is 5.10 Å². The summed E-state index contributed by atoms with van der Waals surface area (Å²) in [5.74, 6) is 0. The molecule has 0 saturated heterocycles. The zero-order valence-electron chi connectivity index (χ0n) is 11.8. The molecule has 1 aromatic carbocycles. The van der Waals surface area contributed by atoms with Crippen LogP contribution in [0.4, 0.5) is 5.69 Å². The van der Waals surface area contributed by atoms with E-state index in [9.17, 15) is 8.42 Å². The number of sulfonamides is 1. The van der Waals surface area contributed by atoms with Crippen LogP contribution < -0.4 is 10.5 Å². The Morgan fingerprint density at radius 1 is 1.43 bits per heavy atom. The van der Waals surface area contributed by atoms with Gasteiger partial charge in [-0.15, -0.1) is 0 Å². The number of rotatable bonds is 5. The van der Waals surface area contributed by atoms with Crippen molar-refractivity contribution in [2.75, 3.05) is 12.3 Å². The topological polar surface area (TPSA) is 90.0 Å². The molecule has 0 bridgehead atoms. The van der Waals surface area contributed by atoms with Crippen molar-refractivity contribution in [1.29, 1.82) is 0 Å². The number of anilines is 1. The fourth-order valence-electron chi connectivity index (χ4n) is 1.94. The number of hydrogen-bond donors (Lipinski definition) is 2. The molecule has 0 aliphatic heterocycles. The fraction of sp³-hybridized carbons (Fsp3) is 0.308. The van der Waals surface area contributed by atoms with E-state index >= 15 is 0 Å². The first-order valence-electron chi connectivity index (χ1n) is 6.33. The summed E-state index contributed by atoms with van der Waals surface area (Å²) in [6.07, 6.45) is 2.32. The van der Waals surface area contributed by atoms with E-state index < -0.39 is 10.0 Å². The Labute approximate surface area is 129 Å². The molecule has 8 heteroatoms. The number of benzene rings is 1. The van der Waals surface area contributed by atoms with Gasteiger partial charge < -0.3 is 5.73 Å². The van der Waals surface area contributed by atoms with Crippen molar-refractivity contribution in [2.45, 2.75) is 18.2 Å². The molecule has 0 spiro atoms. The molecule has 0 aliphatic rings. The normalized spacial score (nSPS) is 11.8. The SMILES string of the molecule is Cc1c(N)cc(Cl)cc1S(=O)(=O)NCCc1ccn(C)n1. The zero-order valence-corrected chi connectivity index (χ0v) is 13.4. The molecule has 2 aromatic rings. The second kappa shape index (κ2) is 6.05. The third-order valence-electron chi connectivity index (χ3n) is 3.10. The lowest BCUT2D eigenvalue weighted by Crippen LogP contribution is -2.27. The first-order valence-corrected chi connectivity index (χ1v) is 8.19. The Hall–Kier alpha value is -1.57. The molecule has 1 aromatic heterocycles. The van der Waals surface area contributed by atoms with Crippen LogP contribution >= 0.6 is 11.6 Å². The van der Waals surface area contributed by atoms with E-state index in [2.05, 4.69) is 9.82 Å². The van der Waals surface area contributed by atoms with Crippen LogP contribution in [-0.4, -0.2) is 24.7 Å². The second-order valence-corrected chi connectivity index (χ2v) is 6.92. The number of nitrogen functional groups attached to an aromatic ring is 1. The maximum Gasteiger partial charge on any atom is 0.240 e. The number of nitrogens with zero attached hydrogens (tertiary/aromatic N) is 2. The summed E-state index contributed by atoms with van der Waals surface area (Å²) in [7, 11) is -1.84. The minimum atomic E-state index is -3.65. The lowest BCUT2D eigenvalue weighted by Gasteiger charge is -2.11. The fourth-order valence-corrected chi connectivity index (χ4v) is 3.56. The summed E-state index contributed by atoms with van der Waals surface area (Å²) >= 11 is 5.88. The molecule has 0 fully saturated rings. The monoisotopic (exact) mass is 328 g/mol. The molecule has 21 heavy (non-hydrogen) atoms. The molecule has 0 aliphatic carbocycles. The van der Waals surface area contributed by atoms with E-state index in [1.54, 1.807) is 11.6 Å². The van der Waals surface area contributed by atoms with E-state index in [1.165, 1.54) is 12.1 Å². The van der Waals surface area contributed by atoms with E-state index in [4.69, 9.17) is 17.3 Å². The van der Waals surface area contributed by atoms with E-state index in [0.717, 1.165) is 5.69 Å². The van der Waals surface area contributed by atoms with Crippen molar-refractivity contribution in [1.82, 2.24) is 14.5 Å². The molecular formula is C13H17ClN4O2S. The largest absolute Gasteiger partial charge is 0.398 e. The predicted octanol–water partition coefficient (Wildman–Crippen LogP) is 1.49. The van der Waals surface area contributed by atoms with Crippen molar-refractivity contribution >= 4 is 27.3 Å². The minimum absolute atomic E-state index is 0.105. The predicted molar refractivity (Wildman–Crippen MR) is 82.7 cm³/mol. The Balaban J connectivity index is 2.12. The number of hydrogen-bond acceptors (Lipinski definition) is 4. The number of aromatic nitrogens is 2. The maximum atomic E-state index is 12.3. The van der Waals surface area contributed by atoms with Crippen molar-refractivity contribution < 1.29 is 8.42 Å². The van der Waals surface area contributed by atoms with Gasteiger partial charge in [-0.1, -0.05) is 11.6 Å². The van der Waals surface area contributed by atoms with Crippen molar-refractivity contribution in [2.24, 2.45) is 7.05 Å². The summed E-state index contributed by atoms with van der Waals surface area (Å²) in [6, 6.07) is 4.77. The van der Waals surface area contributed by atoms with E-state index in [1.807, 2.05) is 19.3 Å². The first-order chi connectivity index (χ1) is 9.79. The molecule has 0 radical (unpaired) electrons. The number of nitrogens with one attached hydrogen (secondary N) is 1. The van der Waals surface area contributed by atoms with Crippen LogP contribution in [0.5, 0.6) is 0 Å². The molecule has 114 valence electrons.